The Kier molecular flexibility index (Phi) is 4.71. The van der Waals surface area contributed by atoms with Crippen molar-refractivity contribution in [3.05, 3.63) is 21.7 Å². The molecule has 0 spiro atoms. The van der Waals surface area contributed by atoms with Gasteiger partial charge in [-0.15, -0.1) is 11.3 Å². The van der Waals surface area contributed by atoms with Crippen LogP contribution >= 0.6 is 11.3 Å². The molecule has 19 heavy (non-hydrogen) atoms. The molecule has 0 bridgehead atoms. The van der Waals surface area contributed by atoms with Crippen LogP contribution in [0.2, 0.25) is 0 Å². The Morgan fingerprint density at radius 1 is 1.58 bits per heavy atom. The van der Waals surface area contributed by atoms with Gasteiger partial charge in [-0.3, -0.25) is 4.90 Å². The Balaban J connectivity index is 2.05. The monoisotopic (exact) mass is 280 g/mol. The molecule has 1 aromatic heterocycles. The molecular formula is C14H20N2O2S. The molecule has 104 valence electrons. The molecule has 1 atom stereocenters. The Bertz CT molecular complexity index is 482. The molecule has 2 heterocycles. The summed E-state index contributed by atoms with van der Waals surface area (Å²) in [5.41, 5.74) is 0.919. The molecule has 2 rings (SSSR count). The zero-order valence-electron chi connectivity index (χ0n) is 11.4. The topological polar surface area (TPSA) is 53.4 Å². The van der Waals surface area contributed by atoms with E-state index in [1.807, 2.05) is 6.92 Å². The van der Waals surface area contributed by atoms with Crippen LogP contribution in [0.4, 0.5) is 0 Å². The van der Waals surface area contributed by atoms with Gasteiger partial charge in [0.15, 0.2) is 0 Å². The van der Waals surface area contributed by atoms with Crippen molar-refractivity contribution >= 4 is 23.4 Å². The van der Waals surface area contributed by atoms with Crippen molar-refractivity contribution in [3.63, 3.8) is 0 Å². The number of carboxylic acids is 1. The van der Waals surface area contributed by atoms with Gasteiger partial charge in [0.25, 0.3) is 0 Å². The van der Waals surface area contributed by atoms with Crippen LogP contribution in [-0.2, 0) is 11.3 Å². The van der Waals surface area contributed by atoms with Gasteiger partial charge in [0, 0.05) is 12.1 Å². The third-order valence-electron chi connectivity index (χ3n) is 3.53. The first kappa shape index (κ1) is 14.2. The number of aliphatic carboxylic acids is 1. The summed E-state index contributed by atoms with van der Waals surface area (Å²) in [6.45, 7) is 6.22. The second kappa shape index (κ2) is 6.30. The van der Waals surface area contributed by atoms with E-state index in [4.69, 9.17) is 5.11 Å². The summed E-state index contributed by atoms with van der Waals surface area (Å²) in [6.07, 6.45) is 6.66. The highest BCUT2D eigenvalue weighted by molar-refractivity contribution is 7.12. The maximum atomic E-state index is 10.5. The maximum absolute atomic E-state index is 10.5. The van der Waals surface area contributed by atoms with E-state index >= 15 is 0 Å². The van der Waals surface area contributed by atoms with Crippen molar-refractivity contribution in [2.24, 2.45) is 0 Å². The molecule has 1 N–H and O–H groups in total. The second-order valence-electron chi connectivity index (χ2n) is 5.04. The van der Waals surface area contributed by atoms with Gasteiger partial charge in [-0.05, 0) is 39.3 Å². The van der Waals surface area contributed by atoms with Crippen molar-refractivity contribution < 1.29 is 9.90 Å². The zero-order valence-corrected chi connectivity index (χ0v) is 12.2. The predicted molar refractivity (Wildman–Crippen MR) is 77.2 cm³/mol. The molecule has 1 aliphatic rings. The Morgan fingerprint density at radius 2 is 2.37 bits per heavy atom. The highest BCUT2D eigenvalue weighted by atomic mass is 32.1. The van der Waals surface area contributed by atoms with Crippen LogP contribution in [-0.4, -0.2) is 33.5 Å². The lowest BCUT2D eigenvalue weighted by Gasteiger charge is -2.32. The average molecular weight is 280 g/mol. The fraction of sp³-hybridized carbons (Fsp3) is 0.571. The van der Waals surface area contributed by atoms with Crippen molar-refractivity contribution in [1.82, 2.24) is 9.88 Å². The number of piperidine rings is 1. The van der Waals surface area contributed by atoms with Crippen molar-refractivity contribution in [3.8, 4) is 0 Å². The van der Waals surface area contributed by atoms with E-state index in [0.29, 0.717) is 6.04 Å². The predicted octanol–water partition coefficient (Wildman–Crippen LogP) is 2.92. The van der Waals surface area contributed by atoms with E-state index in [1.54, 1.807) is 17.4 Å². The first-order valence-electron chi connectivity index (χ1n) is 6.67. The highest BCUT2D eigenvalue weighted by Crippen LogP contribution is 2.24. The molecule has 0 aromatic carbocycles. The minimum absolute atomic E-state index is 0.621. The number of aryl methyl sites for hydroxylation is 1. The maximum Gasteiger partial charge on any atom is 0.328 e. The first-order chi connectivity index (χ1) is 9.06. The number of hydrogen-bond acceptors (Lipinski definition) is 4. The quantitative estimate of drug-likeness (QED) is 0.862. The normalized spacial score (nSPS) is 21.1. The molecule has 0 amide bonds. The van der Waals surface area contributed by atoms with E-state index in [1.165, 1.54) is 25.3 Å². The number of carboxylic acid groups (broad SMARTS) is 1. The van der Waals surface area contributed by atoms with Gasteiger partial charge in [-0.2, -0.15) is 0 Å². The smallest absolute Gasteiger partial charge is 0.328 e. The Hall–Kier alpha value is -1.20. The summed E-state index contributed by atoms with van der Waals surface area (Å²) < 4.78 is 0. The molecule has 1 fully saturated rings. The molecule has 5 heteroatoms. The Labute approximate surface area is 117 Å². The van der Waals surface area contributed by atoms with Gasteiger partial charge in [-0.1, -0.05) is 6.42 Å². The number of carbonyl (C=O) groups is 1. The lowest BCUT2D eigenvalue weighted by molar-refractivity contribution is -0.131. The van der Waals surface area contributed by atoms with Gasteiger partial charge in [-0.25, -0.2) is 9.78 Å². The molecule has 4 nitrogen and oxygen atoms in total. The average Bonchev–Trinajstić information content (AvgIpc) is 2.70. The fourth-order valence-electron chi connectivity index (χ4n) is 2.40. The number of nitrogens with zero attached hydrogens (tertiary/aromatic N) is 2. The van der Waals surface area contributed by atoms with Gasteiger partial charge in [0.05, 0.1) is 17.1 Å². The van der Waals surface area contributed by atoms with Gasteiger partial charge in [0.2, 0.25) is 0 Å². The number of aromatic nitrogens is 1. The largest absolute Gasteiger partial charge is 0.478 e. The fourth-order valence-corrected chi connectivity index (χ4v) is 3.40. The molecule has 1 aromatic rings. The van der Waals surface area contributed by atoms with Crippen LogP contribution < -0.4 is 0 Å². The third-order valence-corrected chi connectivity index (χ3v) is 4.64. The van der Waals surface area contributed by atoms with Crippen molar-refractivity contribution in [2.45, 2.75) is 45.7 Å². The van der Waals surface area contributed by atoms with Crippen LogP contribution in [0.5, 0.6) is 0 Å². The van der Waals surface area contributed by atoms with Crippen LogP contribution in [0.15, 0.2) is 6.08 Å². The molecule has 1 unspecified atom stereocenters. The lowest BCUT2D eigenvalue weighted by atomic mass is 10.0. The summed E-state index contributed by atoms with van der Waals surface area (Å²) >= 11 is 1.59. The van der Waals surface area contributed by atoms with Crippen LogP contribution in [0.3, 0.4) is 0 Å². The van der Waals surface area contributed by atoms with Crippen LogP contribution in [0.1, 0.15) is 41.8 Å². The third kappa shape index (κ3) is 3.88. The zero-order chi connectivity index (χ0) is 13.8. The van der Waals surface area contributed by atoms with E-state index in [2.05, 4.69) is 16.8 Å². The molecule has 1 saturated heterocycles. The number of hydrogen-bond donors (Lipinski definition) is 1. The van der Waals surface area contributed by atoms with Crippen LogP contribution in [0.25, 0.3) is 6.08 Å². The summed E-state index contributed by atoms with van der Waals surface area (Å²) in [4.78, 5) is 18.5. The van der Waals surface area contributed by atoms with Crippen molar-refractivity contribution in [2.75, 3.05) is 6.54 Å². The van der Waals surface area contributed by atoms with Gasteiger partial charge in [0.1, 0.15) is 5.01 Å². The van der Waals surface area contributed by atoms with Crippen molar-refractivity contribution in [1.29, 1.82) is 0 Å². The lowest BCUT2D eigenvalue weighted by Crippen LogP contribution is -2.36. The standard InChI is InChI=1S/C14H20N2O2S/c1-10-5-3-4-8-16(10)9-13-15-11(2)12(19-13)6-7-14(17)18/h6-7,10H,3-5,8-9H2,1-2H3,(H,17,18)/b7-6+. The number of likely N-dealkylation sites (tertiary alicyclic amines) is 1. The summed E-state index contributed by atoms with van der Waals surface area (Å²) in [5.74, 6) is -0.918. The minimum Gasteiger partial charge on any atom is -0.478 e. The first-order valence-corrected chi connectivity index (χ1v) is 7.49. The molecule has 0 aliphatic carbocycles. The van der Waals surface area contributed by atoms with Gasteiger partial charge < -0.3 is 5.11 Å². The van der Waals surface area contributed by atoms with E-state index in [-0.39, 0.29) is 0 Å². The second-order valence-corrected chi connectivity index (χ2v) is 6.16. The Morgan fingerprint density at radius 3 is 3.05 bits per heavy atom. The van der Waals surface area contributed by atoms with E-state index in [0.717, 1.165) is 28.7 Å². The van der Waals surface area contributed by atoms with E-state index in [9.17, 15) is 4.79 Å². The number of thiazole rings is 1. The minimum atomic E-state index is -0.918. The van der Waals surface area contributed by atoms with Crippen LogP contribution in [0, 0.1) is 6.92 Å². The molecule has 0 radical (unpaired) electrons. The molecule has 0 saturated carbocycles. The summed E-state index contributed by atoms with van der Waals surface area (Å²) in [7, 11) is 0. The van der Waals surface area contributed by atoms with Gasteiger partial charge >= 0.3 is 5.97 Å². The molecule has 1 aliphatic heterocycles. The highest BCUT2D eigenvalue weighted by Gasteiger charge is 2.19. The molecular weight excluding hydrogens is 260 g/mol. The SMILES string of the molecule is Cc1nc(CN2CCCCC2C)sc1/C=C/C(=O)O. The van der Waals surface area contributed by atoms with E-state index < -0.39 is 5.97 Å². The summed E-state index contributed by atoms with van der Waals surface area (Å²) in [6, 6.07) is 0.621. The number of rotatable bonds is 4. The summed E-state index contributed by atoms with van der Waals surface area (Å²) in [5, 5.41) is 9.74.